The zero-order chi connectivity index (χ0) is 28.1. The maximum Gasteiger partial charge on any atom is 0.248 e. The van der Waals surface area contributed by atoms with E-state index >= 15 is 8.78 Å². The van der Waals surface area contributed by atoms with Crippen LogP contribution in [0.25, 0.3) is 22.0 Å². The number of pyridine rings is 1. The van der Waals surface area contributed by atoms with Crippen LogP contribution >= 0.6 is 0 Å². The highest BCUT2D eigenvalue weighted by Gasteiger charge is 2.20. The average molecular weight is 546 g/mol. The third-order valence-corrected chi connectivity index (χ3v) is 6.72. The number of methoxy groups -OCH3 is 1. The van der Waals surface area contributed by atoms with E-state index in [1.165, 1.54) is 18.3 Å². The Balaban J connectivity index is 1.37. The highest BCUT2D eigenvalue weighted by atomic mass is 19.1. The Hall–Kier alpha value is -4.48. The van der Waals surface area contributed by atoms with Gasteiger partial charge in [-0.25, -0.2) is 23.7 Å². The first-order valence-electron chi connectivity index (χ1n) is 12.8. The van der Waals surface area contributed by atoms with Gasteiger partial charge in [-0.3, -0.25) is 9.69 Å². The number of rotatable bonds is 9. The van der Waals surface area contributed by atoms with Crippen LogP contribution in [0.1, 0.15) is 0 Å². The smallest absolute Gasteiger partial charge is 0.248 e. The van der Waals surface area contributed by atoms with E-state index in [1.54, 1.807) is 43.6 Å². The van der Waals surface area contributed by atoms with Crippen molar-refractivity contribution < 1.29 is 18.3 Å². The third kappa shape index (κ3) is 6.05. The molecule has 2 aromatic carbocycles. The van der Waals surface area contributed by atoms with Gasteiger partial charge in [0.15, 0.2) is 0 Å². The van der Waals surface area contributed by atoms with Gasteiger partial charge in [0.05, 0.1) is 17.8 Å². The first-order valence-corrected chi connectivity index (χ1v) is 12.8. The number of anilines is 4. The topological polar surface area (TPSA) is 95.5 Å². The van der Waals surface area contributed by atoms with Crippen molar-refractivity contribution in [2.24, 2.45) is 0 Å². The Kier molecular flexibility index (Phi) is 8.23. The molecule has 2 aromatic heterocycles. The van der Waals surface area contributed by atoms with Gasteiger partial charge in [0.25, 0.3) is 0 Å². The SMILES string of the molecule is C=CC(=O)Nc1cc(-c2c(F)ccc3cnc(Nc4ccc(N5CCN(CCOC)CC5)c(F)c4)nc23)ccn1. The van der Waals surface area contributed by atoms with E-state index in [1.807, 2.05) is 4.90 Å². The van der Waals surface area contributed by atoms with Gasteiger partial charge >= 0.3 is 0 Å². The predicted octanol–water partition coefficient (Wildman–Crippen LogP) is 4.61. The summed E-state index contributed by atoms with van der Waals surface area (Å²) in [6, 6.07) is 11.0. The molecule has 11 heteroatoms. The number of aromatic nitrogens is 3. The average Bonchev–Trinajstić information content (AvgIpc) is 2.96. The normalized spacial score (nSPS) is 13.8. The van der Waals surface area contributed by atoms with Crippen molar-refractivity contribution in [1.82, 2.24) is 19.9 Å². The summed E-state index contributed by atoms with van der Waals surface area (Å²) in [7, 11) is 1.69. The van der Waals surface area contributed by atoms with Crippen LogP contribution in [-0.2, 0) is 9.53 Å². The zero-order valence-electron chi connectivity index (χ0n) is 22.0. The number of carbonyl (C=O) groups excluding carboxylic acids is 1. The highest BCUT2D eigenvalue weighted by molar-refractivity contribution is 5.99. The van der Waals surface area contributed by atoms with Crippen molar-refractivity contribution >= 4 is 40.0 Å². The molecule has 9 nitrogen and oxygen atoms in total. The van der Waals surface area contributed by atoms with Crippen molar-refractivity contribution in [3.63, 3.8) is 0 Å². The molecule has 206 valence electrons. The Morgan fingerprint density at radius 1 is 1.07 bits per heavy atom. The van der Waals surface area contributed by atoms with Crippen LogP contribution in [0.3, 0.4) is 0 Å². The molecule has 0 saturated carbocycles. The second-order valence-corrected chi connectivity index (χ2v) is 9.29. The fourth-order valence-corrected chi connectivity index (χ4v) is 4.64. The van der Waals surface area contributed by atoms with Crippen LogP contribution in [0, 0.1) is 11.6 Å². The minimum Gasteiger partial charge on any atom is -0.383 e. The lowest BCUT2D eigenvalue weighted by atomic mass is 10.0. The van der Waals surface area contributed by atoms with Crippen LogP contribution in [0.5, 0.6) is 0 Å². The first kappa shape index (κ1) is 27.1. The van der Waals surface area contributed by atoms with E-state index in [2.05, 4.69) is 37.1 Å². The van der Waals surface area contributed by atoms with Crippen molar-refractivity contribution in [1.29, 1.82) is 0 Å². The summed E-state index contributed by atoms with van der Waals surface area (Å²) in [5.74, 6) is -0.846. The lowest BCUT2D eigenvalue weighted by Crippen LogP contribution is -2.47. The molecular weight excluding hydrogens is 516 g/mol. The van der Waals surface area contributed by atoms with Gasteiger partial charge in [-0.05, 0) is 54.1 Å². The van der Waals surface area contributed by atoms with Crippen molar-refractivity contribution in [3.05, 3.63) is 79.1 Å². The minimum atomic E-state index is -0.498. The molecule has 0 aliphatic carbocycles. The molecule has 0 spiro atoms. The van der Waals surface area contributed by atoms with Gasteiger partial charge in [-0.15, -0.1) is 0 Å². The van der Waals surface area contributed by atoms with Gasteiger partial charge in [0, 0.05) is 68.9 Å². The highest BCUT2D eigenvalue weighted by Crippen LogP contribution is 2.32. The molecule has 5 rings (SSSR count). The fraction of sp³-hybridized carbons (Fsp3) is 0.241. The maximum atomic E-state index is 15.1. The Labute approximate surface area is 230 Å². The van der Waals surface area contributed by atoms with Crippen LogP contribution in [0.4, 0.5) is 31.9 Å². The molecule has 40 heavy (non-hydrogen) atoms. The van der Waals surface area contributed by atoms with Gasteiger partial charge in [0.1, 0.15) is 17.5 Å². The monoisotopic (exact) mass is 545 g/mol. The van der Waals surface area contributed by atoms with E-state index in [9.17, 15) is 4.79 Å². The van der Waals surface area contributed by atoms with Crippen LogP contribution in [-0.4, -0.2) is 72.2 Å². The first-order chi connectivity index (χ1) is 19.4. The molecular formula is C29H29F2N7O2. The summed E-state index contributed by atoms with van der Waals surface area (Å²) in [6.07, 6.45) is 4.16. The fourth-order valence-electron chi connectivity index (χ4n) is 4.64. The van der Waals surface area contributed by atoms with Crippen LogP contribution in [0.15, 0.2) is 67.5 Å². The second-order valence-electron chi connectivity index (χ2n) is 9.29. The number of piperazine rings is 1. The lowest BCUT2D eigenvalue weighted by molar-refractivity contribution is -0.111. The summed E-state index contributed by atoms with van der Waals surface area (Å²) in [5, 5.41) is 6.22. The van der Waals surface area contributed by atoms with E-state index in [0.717, 1.165) is 38.8 Å². The molecule has 0 unspecified atom stereocenters. The molecule has 1 aliphatic rings. The number of carbonyl (C=O) groups is 1. The van der Waals surface area contributed by atoms with E-state index in [-0.39, 0.29) is 23.1 Å². The lowest BCUT2D eigenvalue weighted by Gasteiger charge is -2.36. The van der Waals surface area contributed by atoms with Crippen LogP contribution < -0.4 is 15.5 Å². The predicted molar refractivity (Wildman–Crippen MR) is 152 cm³/mol. The van der Waals surface area contributed by atoms with Crippen LogP contribution in [0.2, 0.25) is 0 Å². The summed E-state index contributed by atoms with van der Waals surface area (Å²) < 4.78 is 35.4. The molecule has 1 fully saturated rings. The number of nitrogens with one attached hydrogen (secondary N) is 2. The molecule has 1 aliphatic heterocycles. The Bertz CT molecular complexity index is 1540. The summed E-state index contributed by atoms with van der Waals surface area (Å²) in [6.45, 7) is 8.10. The summed E-state index contributed by atoms with van der Waals surface area (Å²) in [4.78, 5) is 29.0. The second kappa shape index (κ2) is 12.1. The molecule has 1 amide bonds. The number of benzene rings is 2. The number of halogens is 2. The number of ether oxygens (including phenoxy) is 1. The van der Waals surface area contributed by atoms with Crippen molar-refractivity contribution in [2.45, 2.75) is 0 Å². The van der Waals surface area contributed by atoms with Gasteiger partial charge in [-0.2, -0.15) is 0 Å². The number of nitrogens with zero attached hydrogens (tertiary/aromatic N) is 5. The number of fused-ring (bicyclic) bond motifs is 1. The molecule has 0 bridgehead atoms. The van der Waals surface area contributed by atoms with E-state index in [4.69, 9.17) is 4.74 Å². The quantitative estimate of drug-likeness (QED) is 0.295. The van der Waals surface area contributed by atoms with E-state index in [0.29, 0.717) is 34.4 Å². The van der Waals surface area contributed by atoms with Crippen molar-refractivity contribution in [3.8, 4) is 11.1 Å². The van der Waals surface area contributed by atoms with Crippen molar-refractivity contribution in [2.75, 3.05) is 62.0 Å². The molecule has 4 aromatic rings. The third-order valence-electron chi connectivity index (χ3n) is 6.72. The summed E-state index contributed by atoms with van der Waals surface area (Å²) >= 11 is 0. The largest absolute Gasteiger partial charge is 0.383 e. The van der Waals surface area contributed by atoms with E-state index < -0.39 is 11.7 Å². The molecule has 0 radical (unpaired) electrons. The Morgan fingerprint density at radius 3 is 2.65 bits per heavy atom. The molecule has 1 saturated heterocycles. The standard InChI is InChI=1S/C29H29F2N7O2/c1-3-26(39)35-25-16-19(8-9-32-25)27-22(30)6-4-20-18-33-29(36-28(20)27)34-21-5-7-24(23(31)17-21)38-12-10-37(11-13-38)14-15-40-2/h3-9,16-18H,1,10-15H2,2H3,(H,32,35,39)(H,33,34,36). The summed E-state index contributed by atoms with van der Waals surface area (Å²) in [5.41, 5.74) is 2.06. The Morgan fingerprint density at radius 2 is 1.90 bits per heavy atom. The minimum absolute atomic E-state index is 0.187. The number of hydrogen-bond donors (Lipinski definition) is 2. The van der Waals surface area contributed by atoms with Gasteiger partial charge < -0.3 is 20.3 Å². The van der Waals surface area contributed by atoms with Gasteiger partial charge in [-0.1, -0.05) is 6.58 Å². The molecule has 2 N–H and O–H groups in total. The molecule has 3 heterocycles. The zero-order valence-corrected chi connectivity index (χ0v) is 22.0. The maximum absolute atomic E-state index is 15.1. The molecule has 0 atom stereocenters. The number of hydrogen-bond acceptors (Lipinski definition) is 8. The number of amides is 1. The van der Waals surface area contributed by atoms with Gasteiger partial charge in [0.2, 0.25) is 11.9 Å².